The van der Waals surface area contributed by atoms with Crippen LogP contribution in [0.15, 0.2) is 29.2 Å². The number of piperidine rings is 1. The molecule has 1 aromatic rings. The molecule has 0 aliphatic carbocycles. The van der Waals surface area contributed by atoms with Gasteiger partial charge in [-0.3, -0.25) is 0 Å². The van der Waals surface area contributed by atoms with Gasteiger partial charge in [-0.15, -0.1) is 11.8 Å². The first-order chi connectivity index (χ1) is 7.81. The van der Waals surface area contributed by atoms with Crippen molar-refractivity contribution in [1.29, 1.82) is 0 Å². The zero-order valence-corrected chi connectivity index (χ0v) is 10.6. The predicted molar refractivity (Wildman–Crippen MR) is 70.0 cm³/mol. The van der Waals surface area contributed by atoms with E-state index in [1.165, 1.54) is 36.1 Å². The van der Waals surface area contributed by atoms with E-state index in [-0.39, 0.29) is 0 Å². The fourth-order valence-corrected chi connectivity index (χ4v) is 4.40. The molecule has 0 saturated carbocycles. The maximum atomic E-state index is 3.71. The van der Waals surface area contributed by atoms with E-state index in [1.54, 1.807) is 0 Å². The topological polar surface area (TPSA) is 12.0 Å². The second-order valence-electron chi connectivity index (χ2n) is 5.11. The Morgan fingerprint density at radius 3 is 2.50 bits per heavy atom. The first kappa shape index (κ1) is 10.7. The zero-order valence-electron chi connectivity index (χ0n) is 9.78. The third-order valence-corrected chi connectivity index (χ3v) is 5.25. The van der Waals surface area contributed by atoms with Crippen molar-refractivity contribution < 1.29 is 0 Å². The van der Waals surface area contributed by atoms with Crippen molar-refractivity contribution in [3.05, 3.63) is 29.8 Å². The van der Waals surface area contributed by atoms with Crippen molar-refractivity contribution in [2.75, 3.05) is 0 Å². The van der Waals surface area contributed by atoms with Crippen LogP contribution < -0.4 is 5.32 Å². The maximum absolute atomic E-state index is 3.71. The minimum atomic E-state index is 0.806. The highest BCUT2D eigenvalue weighted by molar-refractivity contribution is 8.00. The van der Waals surface area contributed by atoms with E-state index in [4.69, 9.17) is 0 Å². The van der Waals surface area contributed by atoms with E-state index in [2.05, 4.69) is 48.3 Å². The quantitative estimate of drug-likeness (QED) is 0.840. The Labute approximate surface area is 102 Å². The molecule has 0 radical (unpaired) electrons. The minimum Gasteiger partial charge on any atom is -0.311 e. The highest BCUT2D eigenvalue weighted by Gasteiger charge is 2.33. The maximum Gasteiger partial charge on any atom is 0.0124 e. The lowest BCUT2D eigenvalue weighted by molar-refractivity contribution is 0.415. The third-order valence-electron chi connectivity index (χ3n) is 3.82. The van der Waals surface area contributed by atoms with Crippen LogP contribution in [0.2, 0.25) is 0 Å². The summed E-state index contributed by atoms with van der Waals surface area (Å²) in [6, 6.07) is 10.4. The zero-order chi connectivity index (χ0) is 11.0. The van der Waals surface area contributed by atoms with Crippen LogP contribution in [0, 0.1) is 6.92 Å². The van der Waals surface area contributed by atoms with Crippen LogP contribution >= 0.6 is 11.8 Å². The fourth-order valence-electron chi connectivity index (χ4n) is 2.97. The Morgan fingerprint density at radius 2 is 1.81 bits per heavy atom. The molecular formula is C14H19NS. The summed E-state index contributed by atoms with van der Waals surface area (Å²) in [6.07, 6.45) is 5.51. The highest BCUT2D eigenvalue weighted by Crippen LogP contribution is 2.37. The number of thioether (sulfide) groups is 1. The van der Waals surface area contributed by atoms with Gasteiger partial charge in [0.1, 0.15) is 0 Å². The Hall–Kier alpha value is -0.470. The third kappa shape index (κ3) is 2.14. The van der Waals surface area contributed by atoms with Gasteiger partial charge in [0.05, 0.1) is 0 Å². The molecule has 2 aliphatic heterocycles. The smallest absolute Gasteiger partial charge is 0.0124 e. The molecule has 1 N–H and O–H groups in total. The molecule has 0 spiro atoms. The lowest BCUT2D eigenvalue weighted by Crippen LogP contribution is -2.39. The summed E-state index contributed by atoms with van der Waals surface area (Å²) in [4.78, 5) is 1.48. The molecule has 1 aromatic carbocycles. The van der Waals surface area contributed by atoms with Crippen molar-refractivity contribution in [1.82, 2.24) is 5.32 Å². The number of benzene rings is 1. The van der Waals surface area contributed by atoms with Gasteiger partial charge < -0.3 is 5.32 Å². The van der Waals surface area contributed by atoms with Crippen LogP contribution in [-0.2, 0) is 0 Å². The molecule has 0 aromatic heterocycles. The summed E-state index contributed by atoms with van der Waals surface area (Å²) in [5.74, 6) is 0. The van der Waals surface area contributed by atoms with Gasteiger partial charge in [-0.25, -0.2) is 0 Å². The monoisotopic (exact) mass is 233 g/mol. The molecule has 2 fully saturated rings. The Bertz CT molecular complexity index is 365. The number of hydrogen-bond acceptors (Lipinski definition) is 2. The number of fused-ring (bicyclic) bond motifs is 2. The minimum absolute atomic E-state index is 0.806. The van der Waals surface area contributed by atoms with Gasteiger partial charge >= 0.3 is 0 Å². The predicted octanol–water partition coefficient (Wildman–Crippen LogP) is 3.37. The van der Waals surface area contributed by atoms with Gasteiger partial charge in [0, 0.05) is 22.2 Å². The van der Waals surface area contributed by atoms with E-state index >= 15 is 0 Å². The van der Waals surface area contributed by atoms with Crippen LogP contribution in [0.5, 0.6) is 0 Å². The van der Waals surface area contributed by atoms with Crippen LogP contribution in [0.25, 0.3) is 0 Å². The summed E-state index contributed by atoms with van der Waals surface area (Å²) < 4.78 is 0. The molecule has 2 unspecified atom stereocenters. The lowest BCUT2D eigenvalue weighted by atomic mass is 10.1. The van der Waals surface area contributed by atoms with E-state index in [0.29, 0.717) is 0 Å². The van der Waals surface area contributed by atoms with E-state index in [9.17, 15) is 0 Å². The Balaban J connectivity index is 1.69. The summed E-state index contributed by atoms with van der Waals surface area (Å²) in [5.41, 5.74) is 1.43. The molecule has 2 saturated heterocycles. The van der Waals surface area contributed by atoms with E-state index in [0.717, 1.165) is 17.3 Å². The fraction of sp³-hybridized carbons (Fsp3) is 0.571. The van der Waals surface area contributed by atoms with Crippen LogP contribution in [-0.4, -0.2) is 17.3 Å². The number of nitrogens with one attached hydrogen (secondary N) is 1. The van der Waals surface area contributed by atoms with E-state index in [1.807, 2.05) is 0 Å². The van der Waals surface area contributed by atoms with Crippen molar-refractivity contribution >= 4 is 11.8 Å². The van der Waals surface area contributed by atoms with Gasteiger partial charge in [0.15, 0.2) is 0 Å². The van der Waals surface area contributed by atoms with Gasteiger partial charge in [-0.05, 0) is 44.2 Å². The van der Waals surface area contributed by atoms with E-state index < -0.39 is 0 Å². The normalized spacial score (nSPS) is 32.9. The molecule has 2 atom stereocenters. The number of rotatable bonds is 2. The lowest BCUT2D eigenvalue weighted by Gasteiger charge is -2.28. The Kier molecular flexibility index (Phi) is 2.95. The van der Waals surface area contributed by atoms with Gasteiger partial charge in [-0.2, -0.15) is 0 Å². The number of aryl methyl sites for hydroxylation is 1. The van der Waals surface area contributed by atoms with Crippen molar-refractivity contribution in [3.63, 3.8) is 0 Å². The summed E-state index contributed by atoms with van der Waals surface area (Å²) in [5, 5.41) is 4.54. The Morgan fingerprint density at radius 1 is 1.12 bits per heavy atom. The molecule has 2 heterocycles. The molecule has 2 bridgehead atoms. The molecule has 0 amide bonds. The van der Waals surface area contributed by atoms with Gasteiger partial charge in [0.25, 0.3) is 0 Å². The molecule has 1 nitrogen and oxygen atoms in total. The average molecular weight is 233 g/mol. The number of hydrogen-bond donors (Lipinski definition) is 1. The molecular weight excluding hydrogens is 214 g/mol. The van der Waals surface area contributed by atoms with Gasteiger partial charge in [0.2, 0.25) is 0 Å². The summed E-state index contributed by atoms with van der Waals surface area (Å²) >= 11 is 2.10. The van der Waals surface area contributed by atoms with Crippen LogP contribution in [0.1, 0.15) is 31.2 Å². The molecule has 2 aliphatic rings. The molecule has 86 valence electrons. The molecule has 3 rings (SSSR count). The van der Waals surface area contributed by atoms with Crippen molar-refractivity contribution in [3.8, 4) is 0 Å². The first-order valence-corrected chi connectivity index (χ1v) is 7.17. The average Bonchev–Trinajstić information content (AvgIpc) is 2.62. The summed E-state index contributed by atoms with van der Waals surface area (Å²) in [7, 11) is 0. The summed E-state index contributed by atoms with van der Waals surface area (Å²) in [6.45, 7) is 2.22. The van der Waals surface area contributed by atoms with Gasteiger partial charge in [-0.1, -0.05) is 18.2 Å². The molecule has 16 heavy (non-hydrogen) atoms. The van der Waals surface area contributed by atoms with Crippen molar-refractivity contribution in [2.24, 2.45) is 0 Å². The van der Waals surface area contributed by atoms with Crippen LogP contribution in [0.3, 0.4) is 0 Å². The standard InChI is InChI=1S/C14H19NS/c1-10-4-2-3-5-14(10)16-13-8-11-6-7-12(9-13)15-11/h2-5,11-13,15H,6-9H2,1H3. The SMILES string of the molecule is Cc1ccccc1SC1CC2CCC(C1)N2. The largest absolute Gasteiger partial charge is 0.311 e. The van der Waals surface area contributed by atoms with Crippen LogP contribution in [0.4, 0.5) is 0 Å². The first-order valence-electron chi connectivity index (χ1n) is 6.29. The molecule has 2 heteroatoms. The second kappa shape index (κ2) is 4.42. The van der Waals surface area contributed by atoms with Crippen molar-refractivity contribution in [2.45, 2.75) is 54.8 Å². The highest BCUT2D eigenvalue weighted by atomic mass is 32.2. The second-order valence-corrected chi connectivity index (χ2v) is 6.46.